The first-order chi connectivity index (χ1) is 9.20. The van der Waals surface area contributed by atoms with Crippen LogP contribution in [-0.2, 0) is 11.3 Å². The molecule has 0 unspecified atom stereocenters. The van der Waals surface area contributed by atoms with Crippen LogP contribution < -0.4 is 5.32 Å². The molecule has 0 atom stereocenters. The van der Waals surface area contributed by atoms with Gasteiger partial charge in [0, 0.05) is 19.5 Å². The Kier molecular flexibility index (Phi) is 4.25. The first-order valence-corrected chi connectivity index (χ1v) is 5.96. The summed E-state index contributed by atoms with van der Waals surface area (Å²) in [4.78, 5) is 16.1. The Hall–Kier alpha value is -2.21. The predicted molar refractivity (Wildman–Crippen MR) is 71.0 cm³/mol. The van der Waals surface area contributed by atoms with Crippen molar-refractivity contribution >= 4 is 11.7 Å². The molecule has 2 aromatic heterocycles. The molecule has 100 valence electrons. The quantitative estimate of drug-likeness (QED) is 0.884. The van der Waals surface area contributed by atoms with E-state index in [-0.39, 0.29) is 5.91 Å². The van der Waals surface area contributed by atoms with Gasteiger partial charge in [0.25, 0.3) is 5.91 Å². The number of aromatic nitrogens is 3. The lowest BCUT2D eigenvalue weighted by atomic mass is 10.3. The lowest BCUT2D eigenvalue weighted by Gasteiger charge is -2.05. The number of hydrogen-bond donors (Lipinski definition) is 1. The topological polar surface area (TPSA) is 69.0 Å². The zero-order valence-corrected chi connectivity index (χ0v) is 11.0. The van der Waals surface area contributed by atoms with Crippen LogP contribution in [0.15, 0.2) is 30.6 Å². The first-order valence-electron chi connectivity index (χ1n) is 5.96. The van der Waals surface area contributed by atoms with Gasteiger partial charge in [0.15, 0.2) is 5.69 Å². The Morgan fingerprint density at radius 2 is 2.32 bits per heavy atom. The third-order valence-corrected chi connectivity index (χ3v) is 2.64. The Morgan fingerprint density at radius 3 is 3.05 bits per heavy atom. The normalized spacial score (nSPS) is 10.4. The van der Waals surface area contributed by atoms with Gasteiger partial charge in [-0.1, -0.05) is 6.07 Å². The summed E-state index contributed by atoms with van der Waals surface area (Å²) in [7, 11) is 1.63. The number of carbonyl (C=O) groups excluding carboxylic acids is 1. The Balaban J connectivity index is 2.04. The zero-order chi connectivity index (χ0) is 13.7. The summed E-state index contributed by atoms with van der Waals surface area (Å²) in [6, 6.07) is 5.38. The summed E-state index contributed by atoms with van der Waals surface area (Å²) < 4.78 is 6.63. The highest BCUT2D eigenvalue weighted by atomic mass is 16.5. The van der Waals surface area contributed by atoms with Crippen LogP contribution in [0.2, 0.25) is 0 Å². The number of ether oxygens (including phenoxy) is 1. The van der Waals surface area contributed by atoms with Gasteiger partial charge in [0.2, 0.25) is 0 Å². The molecule has 1 N–H and O–H groups in total. The van der Waals surface area contributed by atoms with E-state index in [0.717, 1.165) is 5.56 Å². The second kappa shape index (κ2) is 6.10. The van der Waals surface area contributed by atoms with Crippen molar-refractivity contribution in [2.24, 2.45) is 0 Å². The third kappa shape index (κ3) is 3.38. The maximum atomic E-state index is 12.0. The highest BCUT2D eigenvalue weighted by molar-refractivity contribution is 6.02. The number of nitrogens with one attached hydrogen (secondary N) is 1. The molecule has 0 aliphatic heterocycles. The van der Waals surface area contributed by atoms with Crippen molar-refractivity contribution in [1.82, 2.24) is 14.8 Å². The third-order valence-electron chi connectivity index (χ3n) is 2.64. The van der Waals surface area contributed by atoms with E-state index in [9.17, 15) is 4.79 Å². The van der Waals surface area contributed by atoms with Crippen LogP contribution in [-0.4, -0.2) is 34.4 Å². The fraction of sp³-hybridized carbons (Fsp3) is 0.308. The number of methoxy groups -OCH3 is 1. The van der Waals surface area contributed by atoms with Gasteiger partial charge in [-0.3, -0.25) is 9.48 Å². The SMILES string of the molecule is COCCn1ccc(C(=O)Nc2ncccc2C)n1. The van der Waals surface area contributed by atoms with E-state index in [1.807, 2.05) is 19.1 Å². The number of rotatable bonds is 5. The van der Waals surface area contributed by atoms with E-state index in [4.69, 9.17) is 4.74 Å². The van der Waals surface area contributed by atoms with Crippen molar-refractivity contribution in [3.63, 3.8) is 0 Å². The Morgan fingerprint density at radius 1 is 1.47 bits per heavy atom. The minimum atomic E-state index is -0.266. The summed E-state index contributed by atoms with van der Waals surface area (Å²) in [6.45, 7) is 3.06. The van der Waals surface area contributed by atoms with Gasteiger partial charge < -0.3 is 10.1 Å². The number of hydrogen-bond acceptors (Lipinski definition) is 4. The Bertz CT molecular complexity index is 565. The monoisotopic (exact) mass is 260 g/mol. The summed E-state index contributed by atoms with van der Waals surface area (Å²) in [5.41, 5.74) is 1.27. The van der Waals surface area contributed by atoms with E-state index < -0.39 is 0 Å². The number of nitrogens with zero attached hydrogens (tertiary/aromatic N) is 3. The molecule has 0 bridgehead atoms. The average Bonchev–Trinajstić information content (AvgIpc) is 2.88. The zero-order valence-electron chi connectivity index (χ0n) is 11.0. The van der Waals surface area contributed by atoms with E-state index in [1.165, 1.54) is 0 Å². The van der Waals surface area contributed by atoms with Crippen LogP contribution in [0.1, 0.15) is 16.1 Å². The fourth-order valence-electron chi connectivity index (χ4n) is 1.58. The van der Waals surface area contributed by atoms with Gasteiger partial charge in [-0.15, -0.1) is 0 Å². The largest absolute Gasteiger partial charge is 0.383 e. The molecule has 2 rings (SSSR count). The molecule has 19 heavy (non-hydrogen) atoms. The molecule has 6 nitrogen and oxygen atoms in total. The number of anilines is 1. The molecular weight excluding hydrogens is 244 g/mol. The molecular formula is C13H16N4O2. The van der Waals surface area contributed by atoms with Crippen LogP contribution in [0.5, 0.6) is 0 Å². The van der Waals surface area contributed by atoms with E-state index in [1.54, 1.807) is 30.3 Å². The van der Waals surface area contributed by atoms with Crippen LogP contribution in [0.3, 0.4) is 0 Å². The highest BCUT2D eigenvalue weighted by Crippen LogP contribution is 2.10. The highest BCUT2D eigenvalue weighted by Gasteiger charge is 2.11. The summed E-state index contributed by atoms with van der Waals surface area (Å²) in [5.74, 6) is 0.289. The van der Waals surface area contributed by atoms with Crippen molar-refractivity contribution < 1.29 is 9.53 Å². The van der Waals surface area contributed by atoms with Crippen molar-refractivity contribution in [2.75, 3.05) is 19.0 Å². The van der Waals surface area contributed by atoms with Crippen LogP contribution >= 0.6 is 0 Å². The van der Waals surface area contributed by atoms with Gasteiger partial charge in [0.05, 0.1) is 13.2 Å². The molecule has 1 amide bonds. The fourth-order valence-corrected chi connectivity index (χ4v) is 1.58. The molecule has 2 heterocycles. The second-order valence-corrected chi connectivity index (χ2v) is 4.08. The van der Waals surface area contributed by atoms with Crippen molar-refractivity contribution in [3.05, 3.63) is 41.9 Å². The number of pyridine rings is 1. The van der Waals surface area contributed by atoms with Gasteiger partial charge >= 0.3 is 0 Å². The molecule has 0 radical (unpaired) electrons. The van der Waals surface area contributed by atoms with E-state index in [0.29, 0.717) is 24.7 Å². The van der Waals surface area contributed by atoms with Crippen molar-refractivity contribution in [2.45, 2.75) is 13.5 Å². The first kappa shape index (κ1) is 13.2. The smallest absolute Gasteiger partial charge is 0.277 e. The molecule has 2 aromatic rings. The maximum absolute atomic E-state index is 12.0. The minimum Gasteiger partial charge on any atom is -0.383 e. The minimum absolute atomic E-state index is 0.266. The summed E-state index contributed by atoms with van der Waals surface area (Å²) >= 11 is 0. The molecule has 0 aliphatic carbocycles. The molecule has 0 aromatic carbocycles. The standard InChI is InChI=1S/C13H16N4O2/c1-10-4-3-6-14-12(10)15-13(18)11-5-7-17(16-11)8-9-19-2/h3-7H,8-9H2,1-2H3,(H,14,15,18). The number of carbonyl (C=O) groups is 1. The van der Waals surface area contributed by atoms with Crippen LogP contribution in [0.25, 0.3) is 0 Å². The summed E-state index contributed by atoms with van der Waals surface area (Å²) in [6.07, 6.45) is 3.39. The molecule has 0 aliphatic rings. The van der Waals surface area contributed by atoms with E-state index >= 15 is 0 Å². The van der Waals surface area contributed by atoms with Crippen molar-refractivity contribution in [3.8, 4) is 0 Å². The van der Waals surface area contributed by atoms with Gasteiger partial charge in [-0.25, -0.2) is 4.98 Å². The molecule has 0 saturated heterocycles. The molecule has 0 spiro atoms. The molecule has 0 saturated carbocycles. The van der Waals surface area contributed by atoms with Gasteiger partial charge in [0.1, 0.15) is 5.82 Å². The summed E-state index contributed by atoms with van der Waals surface area (Å²) in [5, 5.41) is 6.91. The number of aryl methyl sites for hydroxylation is 1. The lowest BCUT2D eigenvalue weighted by Crippen LogP contribution is -2.15. The Labute approximate surface area is 111 Å². The maximum Gasteiger partial charge on any atom is 0.277 e. The molecule has 0 fully saturated rings. The number of amides is 1. The lowest BCUT2D eigenvalue weighted by molar-refractivity contribution is 0.102. The predicted octanol–water partition coefficient (Wildman–Crippen LogP) is 1.49. The van der Waals surface area contributed by atoms with Crippen molar-refractivity contribution in [1.29, 1.82) is 0 Å². The van der Waals surface area contributed by atoms with Gasteiger partial charge in [-0.05, 0) is 24.6 Å². The van der Waals surface area contributed by atoms with E-state index in [2.05, 4.69) is 15.4 Å². The molecule has 6 heteroatoms. The van der Waals surface area contributed by atoms with Crippen LogP contribution in [0.4, 0.5) is 5.82 Å². The average molecular weight is 260 g/mol. The second-order valence-electron chi connectivity index (χ2n) is 4.08. The van der Waals surface area contributed by atoms with Gasteiger partial charge in [-0.2, -0.15) is 5.10 Å². The van der Waals surface area contributed by atoms with Crippen LogP contribution in [0, 0.1) is 6.92 Å².